The molecule has 1 fully saturated rings. The summed E-state index contributed by atoms with van der Waals surface area (Å²) in [5.41, 5.74) is 2.22. The first-order valence-corrected chi connectivity index (χ1v) is 6.17. The Hall–Kier alpha value is -1.35. The summed E-state index contributed by atoms with van der Waals surface area (Å²) in [5, 5.41) is 3.17. The molecule has 0 spiro atoms. The molecule has 1 aliphatic heterocycles. The number of amides is 1. The molecule has 1 aromatic carbocycles. The van der Waals surface area contributed by atoms with Gasteiger partial charge in [0.25, 0.3) is 0 Å². The summed E-state index contributed by atoms with van der Waals surface area (Å²) in [6.07, 6.45) is 0.649. The molecule has 2 unspecified atom stereocenters. The van der Waals surface area contributed by atoms with E-state index >= 15 is 0 Å². The highest BCUT2D eigenvalue weighted by atomic mass is 16.2. The lowest BCUT2D eigenvalue weighted by molar-refractivity contribution is -0.117. The summed E-state index contributed by atoms with van der Waals surface area (Å²) in [7, 11) is 1.94. The Bertz CT molecular complexity index is 416. The van der Waals surface area contributed by atoms with Gasteiger partial charge in [0, 0.05) is 30.6 Å². The Kier molecular flexibility index (Phi) is 3.48. The average molecular weight is 232 g/mol. The molecule has 3 nitrogen and oxygen atoms in total. The van der Waals surface area contributed by atoms with Gasteiger partial charge in [0.05, 0.1) is 0 Å². The van der Waals surface area contributed by atoms with E-state index in [-0.39, 0.29) is 11.9 Å². The zero-order valence-electron chi connectivity index (χ0n) is 10.7. The van der Waals surface area contributed by atoms with Crippen LogP contribution in [-0.2, 0) is 4.79 Å². The number of rotatable bonds is 3. The van der Waals surface area contributed by atoms with E-state index in [0.717, 1.165) is 12.2 Å². The fourth-order valence-corrected chi connectivity index (χ4v) is 2.59. The Morgan fingerprint density at radius 2 is 2.24 bits per heavy atom. The van der Waals surface area contributed by atoms with Crippen molar-refractivity contribution in [1.29, 1.82) is 0 Å². The Balaban J connectivity index is 2.24. The molecule has 0 bridgehead atoms. The number of anilines is 1. The molecule has 92 valence electrons. The van der Waals surface area contributed by atoms with E-state index in [4.69, 9.17) is 0 Å². The average Bonchev–Trinajstić information content (AvgIpc) is 2.55. The number of hydrogen-bond acceptors (Lipinski definition) is 2. The first kappa shape index (κ1) is 12.1. The fourth-order valence-electron chi connectivity index (χ4n) is 2.59. The highest BCUT2D eigenvalue weighted by Gasteiger charge is 2.36. The fraction of sp³-hybridized carbons (Fsp3) is 0.500. The monoisotopic (exact) mass is 232 g/mol. The highest BCUT2D eigenvalue weighted by molar-refractivity contribution is 5.96. The van der Waals surface area contributed by atoms with E-state index < -0.39 is 0 Å². The van der Waals surface area contributed by atoms with Crippen LogP contribution in [0.4, 0.5) is 5.69 Å². The number of aryl methyl sites for hydroxylation is 1. The minimum absolute atomic E-state index is 0.239. The van der Waals surface area contributed by atoms with Crippen LogP contribution in [0.5, 0.6) is 0 Å². The van der Waals surface area contributed by atoms with Crippen LogP contribution < -0.4 is 10.2 Å². The zero-order chi connectivity index (χ0) is 12.4. The van der Waals surface area contributed by atoms with E-state index in [1.54, 1.807) is 0 Å². The standard InChI is InChI=1S/C14H20N2O/c1-10-5-4-6-13(7-10)16-11(2)12(9-15-3)8-14(16)17/h4-7,11-12,15H,8-9H2,1-3H3. The minimum atomic E-state index is 0.239. The lowest BCUT2D eigenvalue weighted by Gasteiger charge is -2.25. The second-order valence-corrected chi connectivity index (χ2v) is 4.87. The van der Waals surface area contributed by atoms with Crippen LogP contribution in [0.1, 0.15) is 18.9 Å². The molecule has 17 heavy (non-hydrogen) atoms. The van der Waals surface area contributed by atoms with Gasteiger partial charge in [-0.15, -0.1) is 0 Å². The van der Waals surface area contributed by atoms with Crippen molar-refractivity contribution in [3.63, 3.8) is 0 Å². The number of nitrogens with zero attached hydrogens (tertiary/aromatic N) is 1. The first-order valence-electron chi connectivity index (χ1n) is 6.17. The second-order valence-electron chi connectivity index (χ2n) is 4.87. The van der Waals surface area contributed by atoms with Crippen molar-refractivity contribution in [2.45, 2.75) is 26.3 Å². The predicted octanol–water partition coefficient (Wildman–Crippen LogP) is 1.96. The highest BCUT2D eigenvalue weighted by Crippen LogP contribution is 2.30. The van der Waals surface area contributed by atoms with Crippen LogP contribution in [0.25, 0.3) is 0 Å². The van der Waals surface area contributed by atoms with Gasteiger partial charge < -0.3 is 10.2 Å². The van der Waals surface area contributed by atoms with Crippen molar-refractivity contribution < 1.29 is 4.79 Å². The zero-order valence-corrected chi connectivity index (χ0v) is 10.7. The summed E-state index contributed by atoms with van der Waals surface area (Å²) in [5.74, 6) is 0.649. The third kappa shape index (κ3) is 2.34. The van der Waals surface area contributed by atoms with Gasteiger partial charge in [-0.3, -0.25) is 4.79 Å². The molecule has 0 radical (unpaired) electrons. The van der Waals surface area contributed by atoms with Crippen molar-refractivity contribution in [3.05, 3.63) is 29.8 Å². The quantitative estimate of drug-likeness (QED) is 0.864. The molecule has 3 heteroatoms. The molecule has 0 saturated carbocycles. The van der Waals surface area contributed by atoms with E-state index in [0.29, 0.717) is 12.3 Å². The number of carbonyl (C=O) groups excluding carboxylic acids is 1. The Labute approximate surface area is 103 Å². The molecule has 0 aromatic heterocycles. The summed E-state index contributed by atoms with van der Waals surface area (Å²) in [4.78, 5) is 14.0. The summed E-state index contributed by atoms with van der Waals surface area (Å²) in [6.45, 7) is 5.09. The van der Waals surface area contributed by atoms with Crippen LogP contribution >= 0.6 is 0 Å². The van der Waals surface area contributed by atoms with Crippen LogP contribution in [0.15, 0.2) is 24.3 Å². The van der Waals surface area contributed by atoms with Gasteiger partial charge in [0.1, 0.15) is 0 Å². The Morgan fingerprint density at radius 3 is 2.88 bits per heavy atom. The molecule has 1 N–H and O–H groups in total. The van der Waals surface area contributed by atoms with Gasteiger partial charge in [-0.2, -0.15) is 0 Å². The van der Waals surface area contributed by atoms with E-state index in [9.17, 15) is 4.79 Å². The minimum Gasteiger partial charge on any atom is -0.319 e. The van der Waals surface area contributed by atoms with Crippen LogP contribution in [0.3, 0.4) is 0 Å². The molecule has 1 aromatic rings. The van der Waals surface area contributed by atoms with Crippen LogP contribution in [0.2, 0.25) is 0 Å². The van der Waals surface area contributed by atoms with Crippen molar-refractivity contribution in [2.24, 2.45) is 5.92 Å². The maximum absolute atomic E-state index is 12.1. The largest absolute Gasteiger partial charge is 0.319 e. The van der Waals surface area contributed by atoms with Gasteiger partial charge in [-0.1, -0.05) is 12.1 Å². The van der Waals surface area contributed by atoms with Crippen LogP contribution in [-0.4, -0.2) is 25.5 Å². The van der Waals surface area contributed by atoms with Gasteiger partial charge in [-0.25, -0.2) is 0 Å². The smallest absolute Gasteiger partial charge is 0.227 e. The van der Waals surface area contributed by atoms with E-state index in [1.165, 1.54) is 5.56 Å². The maximum Gasteiger partial charge on any atom is 0.227 e. The van der Waals surface area contributed by atoms with Crippen molar-refractivity contribution >= 4 is 11.6 Å². The predicted molar refractivity (Wildman–Crippen MR) is 70.2 cm³/mol. The summed E-state index contributed by atoms with van der Waals surface area (Å²) >= 11 is 0. The molecule has 2 rings (SSSR count). The van der Waals surface area contributed by atoms with Crippen LogP contribution in [0, 0.1) is 12.8 Å². The second kappa shape index (κ2) is 4.88. The first-order chi connectivity index (χ1) is 8.13. The molecular formula is C14H20N2O. The molecule has 1 amide bonds. The van der Waals surface area contributed by atoms with Crippen molar-refractivity contribution in [2.75, 3.05) is 18.5 Å². The maximum atomic E-state index is 12.1. The van der Waals surface area contributed by atoms with Crippen molar-refractivity contribution in [1.82, 2.24) is 5.32 Å². The molecule has 1 saturated heterocycles. The van der Waals surface area contributed by atoms with E-state index in [1.807, 2.05) is 24.1 Å². The lowest BCUT2D eigenvalue weighted by atomic mass is 10.0. The summed E-state index contributed by atoms with van der Waals surface area (Å²) in [6, 6.07) is 8.44. The van der Waals surface area contributed by atoms with Gasteiger partial charge in [0.15, 0.2) is 0 Å². The topological polar surface area (TPSA) is 32.3 Å². The molecule has 1 heterocycles. The normalized spacial score (nSPS) is 24.4. The molecule has 2 atom stereocenters. The molecule has 0 aliphatic carbocycles. The van der Waals surface area contributed by atoms with Gasteiger partial charge in [-0.05, 0) is 38.6 Å². The van der Waals surface area contributed by atoms with Crippen molar-refractivity contribution in [3.8, 4) is 0 Å². The van der Waals surface area contributed by atoms with Gasteiger partial charge >= 0.3 is 0 Å². The number of carbonyl (C=O) groups is 1. The molecule has 1 aliphatic rings. The van der Waals surface area contributed by atoms with Gasteiger partial charge in [0.2, 0.25) is 5.91 Å². The lowest BCUT2D eigenvalue weighted by Crippen LogP contribution is -2.35. The number of hydrogen-bond donors (Lipinski definition) is 1. The SMILES string of the molecule is CNCC1CC(=O)N(c2cccc(C)c2)C1C. The number of benzene rings is 1. The third-order valence-corrected chi connectivity index (χ3v) is 3.54. The Morgan fingerprint density at radius 1 is 1.47 bits per heavy atom. The molecular weight excluding hydrogens is 212 g/mol. The van der Waals surface area contributed by atoms with E-state index in [2.05, 4.69) is 31.3 Å². The number of nitrogens with one attached hydrogen (secondary N) is 1. The summed E-state index contributed by atoms with van der Waals surface area (Å²) < 4.78 is 0. The third-order valence-electron chi connectivity index (χ3n) is 3.54.